The van der Waals surface area contributed by atoms with E-state index in [1.54, 1.807) is 6.08 Å². The van der Waals surface area contributed by atoms with Crippen molar-refractivity contribution in [3.8, 4) is 5.75 Å². The van der Waals surface area contributed by atoms with E-state index in [9.17, 15) is 26.3 Å². The van der Waals surface area contributed by atoms with Gasteiger partial charge in [-0.1, -0.05) is 12.2 Å². The lowest BCUT2D eigenvalue weighted by atomic mass is 9.68. The van der Waals surface area contributed by atoms with Gasteiger partial charge in [-0.25, -0.2) is 17.6 Å². The highest BCUT2D eigenvalue weighted by Crippen LogP contribution is 2.44. The Morgan fingerprint density at radius 1 is 0.833 bits per heavy atom. The van der Waals surface area contributed by atoms with Crippen LogP contribution in [0.25, 0.3) is 0 Å². The van der Waals surface area contributed by atoms with Crippen LogP contribution in [0.1, 0.15) is 69.3 Å². The van der Waals surface area contributed by atoms with Gasteiger partial charge in [-0.2, -0.15) is 8.78 Å². The van der Waals surface area contributed by atoms with Gasteiger partial charge in [-0.05, 0) is 92.7 Å². The number of rotatable bonds is 7. The van der Waals surface area contributed by atoms with Crippen molar-refractivity contribution in [2.24, 2.45) is 17.8 Å². The van der Waals surface area contributed by atoms with Crippen LogP contribution in [0.15, 0.2) is 24.3 Å². The third-order valence-corrected chi connectivity index (χ3v) is 6.68. The Morgan fingerprint density at radius 2 is 1.37 bits per heavy atom. The van der Waals surface area contributed by atoms with Gasteiger partial charge in [-0.15, -0.1) is 0 Å². The van der Waals surface area contributed by atoms with Crippen LogP contribution in [-0.4, -0.2) is 13.0 Å². The molecule has 7 heteroatoms. The van der Waals surface area contributed by atoms with Gasteiger partial charge in [0.2, 0.25) is 6.43 Å². The Hall–Kier alpha value is -1.66. The molecular weight excluding hydrogens is 406 g/mol. The molecule has 2 aliphatic carbocycles. The van der Waals surface area contributed by atoms with Gasteiger partial charge in [0.1, 0.15) is 0 Å². The van der Waals surface area contributed by atoms with Crippen LogP contribution >= 0.6 is 0 Å². The summed E-state index contributed by atoms with van der Waals surface area (Å²) in [5.41, 5.74) is 0.498. The molecule has 0 heterocycles. The summed E-state index contributed by atoms with van der Waals surface area (Å²) in [7, 11) is 0. The molecule has 2 aliphatic rings. The molecule has 0 aromatic heterocycles. The van der Waals surface area contributed by atoms with E-state index in [1.807, 2.05) is 6.08 Å². The predicted molar refractivity (Wildman–Crippen MR) is 103 cm³/mol. The molecule has 0 atom stereocenters. The second-order valence-electron chi connectivity index (χ2n) is 8.53. The van der Waals surface area contributed by atoms with Crippen molar-refractivity contribution in [1.82, 2.24) is 0 Å². The maximum absolute atomic E-state index is 14.0. The molecule has 0 aliphatic heterocycles. The molecule has 168 valence electrons. The van der Waals surface area contributed by atoms with Gasteiger partial charge in [0.25, 0.3) is 0 Å². The first-order chi connectivity index (χ1) is 14.3. The highest BCUT2D eigenvalue weighted by molar-refractivity contribution is 5.33. The molecule has 0 unspecified atom stereocenters. The summed E-state index contributed by atoms with van der Waals surface area (Å²) in [5, 5.41) is 0. The molecule has 0 radical (unpaired) electrons. The fourth-order valence-electron chi connectivity index (χ4n) is 5.12. The molecule has 30 heavy (non-hydrogen) atoms. The first-order valence-electron chi connectivity index (χ1n) is 10.7. The first-order valence-corrected chi connectivity index (χ1v) is 10.7. The molecule has 0 amide bonds. The molecule has 0 saturated heterocycles. The standard InChI is InChI=1S/C23H28F6O/c24-19-12-18(13-20(25)22(19)30-23(28)29)17-10-8-16(9-11-17)15-6-4-14(5-7-15)2-1-3-21(26)27/h1-2,12-17,21,23H,3-11H2/b2-1+. The van der Waals surface area contributed by atoms with E-state index in [1.165, 1.54) is 0 Å². The van der Waals surface area contributed by atoms with E-state index in [2.05, 4.69) is 4.74 Å². The van der Waals surface area contributed by atoms with Crippen LogP contribution in [0.3, 0.4) is 0 Å². The largest absolute Gasteiger partial charge is 0.429 e. The fraction of sp³-hybridized carbons (Fsp3) is 0.652. The third kappa shape index (κ3) is 6.17. The van der Waals surface area contributed by atoms with E-state index >= 15 is 0 Å². The summed E-state index contributed by atoms with van der Waals surface area (Å²) in [6, 6.07) is 2.23. The van der Waals surface area contributed by atoms with E-state index in [4.69, 9.17) is 0 Å². The number of benzene rings is 1. The maximum atomic E-state index is 14.0. The summed E-state index contributed by atoms with van der Waals surface area (Å²) < 4.78 is 81.0. The zero-order valence-electron chi connectivity index (χ0n) is 16.8. The minimum absolute atomic E-state index is 0.0134. The van der Waals surface area contributed by atoms with Gasteiger partial charge in [0, 0.05) is 6.42 Å². The van der Waals surface area contributed by atoms with E-state index in [-0.39, 0.29) is 12.3 Å². The molecule has 3 rings (SSSR count). The molecule has 0 N–H and O–H groups in total. The van der Waals surface area contributed by atoms with Gasteiger partial charge in [-0.3, -0.25) is 0 Å². The Balaban J connectivity index is 1.49. The van der Waals surface area contributed by atoms with Crippen molar-refractivity contribution < 1.29 is 31.1 Å². The van der Waals surface area contributed by atoms with Crippen LogP contribution in [0.4, 0.5) is 26.3 Å². The number of hydrogen-bond donors (Lipinski definition) is 0. The summed E-state index contributed by atoms with van der Waals surface area (Å²) in [5.74, 6) is -1.63. The maximum Gasteiger partial charge on any atom is 0.387 e. The molecule has 0 spiro atoms. The van der Waals surface area contributed by atoms with Gasteiger partial charge in [0.05, 0.1) is 0 Å². The highest BCUT2D eigenvalue weighted by atomic mass is 19.3. The number of allylic oxidation sites excluding steroid dienone is 2. The van der Waals surface area contributed by atoms with Crippen LogP contribution in [0, 0.1) is 29.4 Å². The lowest BCUT2D eigenvalue weighted by Gasteiger charge is -2.37. The zero-order chi connectivity index (χ0) is 21.7. The lowest BCUT2D eigenvalue weighted by Crippen LogP contribution is -2.25. The van der Waals surface area contributed by atoms with Crippen LogP contribution in [0.5, 0.6) is 5.75 Å². The molecular formula is C23H28F6O. The third-order valence-electron chi connectivity index (χ3n) is 6.68. The second kappa shape index (κ2) is 10.6. The summed E-state index contributed by atoms with van der Waals surface area (Å²) >= 11 is 0. The Morgan fingerprint density at radius 3 is 1.87 bits per heavy atom. The zero-order valence-corrected chi connectivity index (χ0v) is 16.8. The van der Waals surface area contributed by atoms with Gasteiger partial charge >= 0.3 is 6.61 Å². The van der Waals surface area contributed by atoms with Gasteiger partial charge in [0.15, 0.2) is 17.4 Å². The van der Waals surface area contributed by atoms with E-state index < -0.39 is 30.4 Å². The summed E-state index contributed by atoms with van der Waals surface area (Å²) in [6.45, 7) is -3.27. The molecule has 1 aromatic carbocycles. The van der Waals surface area contributed by atoms with E-state index in [0.29, 0.717) is 23.3 Å². The smallest absolute Gasteiger partial charge is 0.387 e. The first kappa shape index (κ1) is 23.0. The Bertz CT molecular complexity index is 681. The molecule has 2 fully saturated rings. The average Bonchev–Trinajstić information content (AvgIpc) is 2.71. The van der Waals surface area contributed by atoms with Crippen molar-refractivity contribution in [3.05, 3.63) is 41.5 Å². The van der Waals surface area contributed by atoms with Crippen LogP contribution in [0.2, 0.25) is 0 Å². The molecule has 1 nitrogen and oxygen atoms in total. The number of alkyl halides is 4. The van der Waals surface area contributed by atoms with E-state index in [0.717, 1.165) is 63.5 Å². The number of hydrogen-bond acceptors (Lipinski definition) is 1. The highest BCUT2D eigenvalue weighted by Gasteiger charge is 2.31. The normalized spacial score (nSPS) is 27.9. The molecule has 0 bridgehead atoms. The Kier molecular flexibility index (Phi) is 8.12. The SMILES string of the molecule is Fc1cc(C2CCC(C3CCC(/C=C/CC(F)F)CC3)CC2)cc(F)c1OC(F)F. The molecule has 1 aromatic rings. The lowest BCUT2D eigenvalue weighted by molar-refractivity contribution is -0.0546. The minimum atomic E-state index is -3.27. The van der Waals surface area contributed by atoms with Crippen molar-refractivity contribution in [2.45, 2.75) is 76.7 Å². The average molecular weight is 434 g/mol. The second-order valence-corrected chi connectivity index (χ2v) is 8.53. The molecule has 2 saturated carbocycles. The van der Waals surface area contributed by atoms with Crippen molar-refractivity contribution >= 4 is 0 Å². The number of ether oxygens (including phenoxy) is 1. The topological polar surface area (TPSA) is 9.23 Å². The van der Waals surface area contributed by atoms with Crippen molar-refractivity contribution in [3.63, 3.8) is 0 Å². The monoisotopic (exact) mass is 434 g/mol. The number of halogens is 6. The quantitative estimate of drug-likeness (QED) is 0.314. The van der Waals surface area contributed by atoms with Crippen molar-refractivity contribution in [1.29, 1.82) is 0 Å². The predicted octanol–water partition coefficient (Wildman–Crippen LogP) is 7.86. The van der Waals surface area contributed by atoms with Gasteiger partial charge < -0.3 is 4.74 Å². The summed E-state index contributed by atoms with van der Waals surface area (Å²) in [4.78, 5) is 0. The van der Waals surface area contributed by atoms with Crippen molar-refractivity contribution in [2.75, 3.05) is 0 Å². The Labute approximate surface area is 173 Å². The fourth-order valence-corrected chi connectivity index (χ4v) is 5.12. The van der Waals surface area contributed by atoms with Crippen LogP contribution < -0.4 is 4.74 Å². The summed E-state index contributed by atoms with van der Waals surface area (Å²) in [6.07, 6.45) is 8.84. The minimum Gasteiger partial charge on any atom is -0.429 e. The van der Waals surface area contributed by atoms with Crippen LogP contribution in [-0.2, 0) is 0 Å².